The molecule has 0 aliphatic heterocycles. The molecule has 0 spiro atoms. The van der Waals surface area contributed by atoms with Crippen LogP contribution in [0, 0.1) is 13.8 Å². The molecule has 0 aliphatic rings. The Morgan fingerprint density at radius 1 is 1.12 bits per heavy atom. The molecular weight excluding hydrogens is 330 g/mol. The van der Waals surface area contributed by atoms with Crippen molar-refractivity contribution in [1.82, 2.24) is 5.32 Å². The van der Waals surface area contributed by atoms with Gasteiger partial charge in [0, 0.05) is 18.1 Å². The fourth-order valence-electron chi connectivity index (χ4n) is 2.40. The molecule has 0 aromatic heterocycles. The van der Waals surface area contributed by atoms with E-state index in [9.17, 15) is 4.79 Å². The molecule has 0 saturated carbocycles. The van der Waals surface area contributed by atoms with Gasteiger partial charge in [-0.25, -0.2) is 0 Å². The minimum absolute atomic E-state index is 0.0401. The van der Waals surface area contributed by atoms with Gasteiger partial charge in [0.25, 0.3) is 5.91 Å². The van der Waals surface area contributed by atoms with Crippen molar-refractivity contribution in [2.75, 3.05) is 12.3 Å². The summed E-state index contributed by atoms with van der Waals surface area (Å²) >= 11 is 1.82. The van der Waals surface area contributed by atoms with Gasteiger partial charge in [-0.05, 0) is 37.5 Å². The first-order chi connectivity index (χ1) is 12.1. The number of hydrogen-bond donors (Lipinski definition) is 1. The van der Waals surface area contributed by atoms with Gasteiger partial charge in [0.05, 0.1) is 0 Å². The summed E-state index contributed by atoms with van der Waals surface area (Å²) < 4.78 is 5.87. The van der Waals surface area contributed by atoms with Crippen LogP contribution in [0.15, 0.2) is 48.5 Å². The van der Waals surface area contributed by atoms with Crippen molar-refractivity contribution in [3.63, 3.8) is 0 Å². The van der Waals surface area contributed by atoms with Crippen LogP contribution in [0.2, 0.25) is 0 Å². The van der Waals surface area contributed by atoms with Crippen molar-refractivity contribution in [2.45, 2.75) is 39.0 Å². The molecule has 4 heteroatoms. The smallest absolute Gasteiger partial charge is 0.261 e. The molecule has 2 aromatic carbocycles. The Hall–Kier alpha value is -1.94. The molecule has 25 heavy (non-hydrogen) atoms. The van der Waals surface area contributed by atoms with Crippen molar-refractivity contribution in [3.8, 4) is 5.75 Å². The SMILES string of the molecule is CCC(Oc1ccccc1C)C(=O)NCCSCc1ccc(C)cc1. The highest BCUT2D eigenvalue weighted by molar-refractivity contribution is 7.98. The molecule has 0 aliphatic carbocycles. The number of ether oxygens (including phenoxy) is 1. The normalized spacial score (nSPS) is 11.8. The van der Waals surface area contributed by atoms with E-state index >= 15 is 0 Å². The molecular formula is C21H27NO2S. The van der Waals surface area contributed by atoms with E-state index in [0.717, 1.165) is 22.8 Å². The summed E-state index contributed by atoms with van der Waals surface area (Å²) in [6, 6.07) is 16.4. The van der Waals surface area contributed by atoms with Crippen LogP contribution in [-0.2, 0) is 10.5 Å². The molecule has 1 amide bonds. The molecule has 1 N–H and O–H groups in total. The first kappa shape index (κ1) is 19.4. The second kappa shape index (κ2) is 10.1. The van der Waals surface area contributed by atoms with Gasteiger partial charge in [0.15, 0.2) is 6.10 Å². The summed E-state index contributed by atoms with van der Waals surface area (Å²) in [4.78, 5) is 12.3. The number of thioether (sulfide) groups is 1. The third-order valence-electron chi connectivity index (χ3n) is 3.96. The molecule has 1 atom stereocenters. The fraction of sp³-hybridized carbons (Fsp3) is 0.381. The zero-order valence-corrected chi connectivity index (χ0v) is 16.1. The Kier molecular flexibility index (Phi) is 7.86. The highest BCUT2D eigenvalue weighted by atomic mass is 32.2. The molecule has 134 valence electrons. The first-order valence-electron chi connectivity index (χ1n) is 8.73. The van der Waals surface area contributed by atoms with Crippen molar-refractivity contribution in [2.24, 2.45) is 0 Å². The van der Waals surface area contributed by atoms with E-state index in [2.05, 4.69) is 36.5 Å². The van der Waals surface area contributed by atoms with E-state index in [1.165, 1.54) is 11.1 Å². The summed E-state index contributed by atoms with van der Waals surface area (Å²) in [7, 11) is 0. The topological polar surface area (TPSA) is 38.3 Å². The molecule has 0 heterocycles. The molecule has 0 fully saturated rings. The monoisotopic (exact) mass is 357 g/mol. The summed E-state index contributed by atoms with van der Waals surface area (Å²) in [5.74, 6) is 2.59. The van der Waals surface area contributed by atoms with Gasteiger partial charge < -0.3 is 10.1 Å². The van der Waals surface area contributed by atoms with Crippen LogP contribution in [0.3, 0.4) is 0 Å². The number of benzene rings is 2. The Labute approximate surface area is 155 Å². The van der Waals surface area contributed by atoms with E-state index < -0.39 is 6.10 Å². The van der Waals surface area contributed by atoms with Gasteiger partial charge in [-0.15, -0.1) is 0 Å². The Morgan fingerprint density at radius 2 is 1.84 bits per heavy atom. The number of carbonyl (C=O) groups is 1. The standard InChI is InChI=1S/C21H27NO2S/c1-4-19(24-20-8-6-5-7-17(20)3)21(23)22-13-14-25-15-18-11-9-16(2)10-12-18/h5-12,19H,4,13-15H2,1-3H3,(H,22,23). The number of para-hydroxylation sites is 1. The van der Waals surface area contributed by atoms with Crippen LogP contribution in [0.4, 0.5) is 0 Å². The van der Waals surface area contributed by atoms with Crippen molar-refractivity contribution < 1.29 is 9.53 Å². The summed E-state index contributed by atoms with van der Waals surface area (Å²) in [5, 5.41) is 2.98. The van der Waals surface area contributed by atoms with Crippen LogP contribution in [0.5, 0.6) is 5.75 Å². The molecule has 1 unspecified atom stereocenters. The lowest BCUT2D eigenvalue weighted by Gasteiger charge is -2.18. The number of rotatable bonds is 9. The van der Waals surface area contributed by atoms with Crippen LogP contribution in [-0.4, -0.2) is 24.3 Å². The molecule has 3 nitrogen and oxygen atoms in total. The Morgan fingerprint density at radius 3 is 2.52 bits per heavy atom. The van der Waals surface area contributed by atoms with Crippen LogP contribution in [0.25, 0.3) is 0 Å². The summed E-state index contributed by atoms with van der Waals surface area (Å²) in [5.41, 5.74) is 3.64. The molecule has 2 rings (SSSR count). The third-order valence-corrected chi connectivity index (χ3v) is 4.99. The van der Waals surface area contributed by atoms with E-state index in [0.29, 0.717) is 13.0 Å². The highest BCUT2D eigenvalue weighted by Gasteiger charge is 2.18. The predicted molar refractivity (Wildman–Crippen MR) is 106 cm³/mol. The van der Waals surface area contributed by atoms with Crippen LogP contribution >= 0.6 is 11.8 Å². The fourth-order valence-corrected chi connectivity index (χ4v) is 3.22. The van der Waals surface area contributed by atoms with Crippen molar-refractivity contribution >= 4 is 17.7 Å². The van der Waals surface area contributed by atoms with E-state index in [-0.39, 0.29) is 5.91 Å². The zero-order valence-electron chi connectivity index (χ0n) is 15.2. The van der Waals surface area contributed by atoms with E-state index in [1.807, 2.05) is 49.9 Å². The van der Waals surface area contributed by atoms with Gasteiger partial charge in [-0.2, -0.15) is 11.8 Å². The van der Waals surface area contributed by atoms with E-state index in [4.69, 9.17) is 4.74 Å². The van der Waals surface area contributed by atoms with Crippen molar-refractivity contribution in [3.05, 3.63) is 65.2 Å². The van der Waals surface area contributed by atoms with Crippen molar-refractivity contribution in [1.29, 1.82) is 0 Å². The zero-order chi connectivity index (χ0) is 18.1. The molecule has 2 aromatic rings. The highest BCUT2D eigenvalue weighted by Crippen LogP contribution is 2.19. The number of carbonyl (C=O) groups excluding carboxylic acids is 1. The number of aryl methyl sites for hydroxylation is 2. The van der Waals surface area contributed by atoms with Gasteiger partial charge >= 0.3 is 0 Å². The maximum atomic E-state index is 12.3. The minimum Gasteiger partial charge on any atom is -0.480 e. The predicted octanol–water partition coefficient (Wildman–Crippen LogP) is 4.51. The molecule has 0 saturated heterocycles. The van der Waals surface area contributed by atoms with Crippen LogP contribution < -0.4 is 10.1 Å². The lowest BCUT2D eigenvalue weighted by molar-refractivity contribution is -0.128. The number of amides is 1. The average Bonchev–Trinajstić information content (AvgIpc) is 2.62. The third kappa shape index (κ3) is 6.46. The molecule has 0 bridgehead atoms. The first-order valence-corrected chi connectivity index (χ1v) is 9.89. The van der Waals surface area contributed by atoms with Gasteiger partial charge in [0.1, 0.15) is 5.75 Å². The summed E-state index contributed by atoms with van der Waals surface area (Å²) in [6.45, 7) is 6.70. The quantitative estimate of drug-likeness (QED) is 0.671. The minimum atomic E-state index is -0.441. The second-order valence-electron chi connectivity index (χ2n) is 6.11. The maximum Gasteiger partial charge on any atom is 0.261 e. The number of nitrogens with one attached hydrogen (secondary N) is 1. The number of hydrogen-bond acceptors (Lipinski definition) is 3. The lowest BCUT2D eigenvalue weighted by Crippen LogP contribution is -2.39. The van der Waals surface area contributed by atoms with Gasteiger partial charge in [-0.1, -0.05) is 55.0 Å². The lowest BCUT2D eigenvalue weighted by atomic mass is 10.2. The van der Waals surface area contributed by atoms with Gasteiger partial charge in [0.2, 0.25) is 0 Å². The molecule has 0 radical (unpaired) electrons. The Balaban J connectivity index is 1.71. The van der Waals surface area contributed by atoms with Gasteiger partial charge in [-0.3, -0.25) is 4.79 Å². The second-order valence-corrected chi connectivity index (χ2v) is 7.21. The largest absolute Gasteiger partial charge is 0.480 e. The summed E-state index contributed by atoms with van der Waals surface area (Å²) in [6.07, 6.45) is 0.208. The Bertz CT molecular complexity index is 670. The maximum absolute atomic E-state index is 12.3. The van der Waals surface area contributed by atoms with Crippen LogP contribution in [0.1, 0.15) is 30.0 Å². The average molecular weight is 358 g/mol. The van der Waals surface area contributed by atoms with E-state index in [1.54, 1.807) is 0 Å².